The number of rotatable bonds is 12. The van der Waals surface area contributed by atoms with Crippen molar-refractivity contribution in [1.82, 2.24) is 10.6 Å². The van der Waals surface area contributed by atoms with Gasteiger partial charge >= 0.3 is 0 Å². The molecular formula is C28H48N2O21. The fourth-order valence-electron chi connectivity index (χ4n) is 6.35. The van der Waals surface area contributed by atoms with Crippen molar-refractivity contribution in [2.45, 2.75) is 137 Å². The molecule has 23 heteroatoms. The second-order valence-corrected chi connectivity index (χ2v) is 12.6. The van der Waals surface area contributed by atoms with Gasteiger partial charge in [0.25, 0.3) is 0 Å². The Kier molecular flexibility index (Phi) is 14.8. The SMILES string of the molecule is CC(=O)N[C@H]1[C@H](O[C@@H]2[C@H](O)[C@@H](O)[C@H](O[C@H]3[C@@H](O)[C@@H](CO)OC(O)[C@@H]3NC(C)=O)O[C@@H]2CO)O[C@H](CO)[C@@H](O[C@@H]2O[C@H](CO)[C@@H](O)[C@H](O)[C@H]2O)[C@@H]1O. The van der Waals surface area contributed by atoms with E-state index in [1.807, 2.05) is 0 Å². The van der Waals surface area contributed by atoms with E-state index in [0.29, 0.717) is 0 Å². The first-order valence-corrected chi connectivity index (χ1v) is 16.1. The van der Waals surface area contributed by atoms with Crippen LogP contribution in [-0.2, 0) is 42.7 Å². The van der Waals surface area contributed by atoms with E-state index >= 15 is 0 Å². The van der Waals surface area contributed by atoms with Crippen molar-refractivity contribution in [1.29, 1.82) is 0 Å². The van der Waals surface area contributed by atoms with E-state index in [1.165, 1.54) is 0 Å². The van der Waals surface area contributed by atoms with Crippen molar-refractivity contribution in [3.8, 4) is 0 Å². The van der Waals surface area contributed by atoms with Gasteiger partial charge in [-0.1, -0.05) is 0 Å². The Morgan fingerprint density at radius 1 is 0.471 bits per heavy atom. The minimum Gasteiger partial charge on any atom is -0.394 e. The summed E-state index contributed by atoms with van der Waals surface area (Å²) in [5.41, 5.74) is 0. The van der Waals surface area contributed by atoms with Crippen molar-refractivity contribution in [3.63, 3.8) is 0 Å². The second kappa shape index (κ2) is 18.0. The second-order valence-electron chi connectivity index (χ2n) is 12.6. The van der Waals surface area contributed by atoms with E-state index in [-0.39, 0.29) is 0 Å². The molecule has 296 valence electrons. The predicted molar refractivity (Wildman–Crippen MR) is 157 cm³/mol. The van der Waals surface area contributed by atoms with Crippen LogP contribution in [-0.4, -0.2) is 222 Å². The van der Waals surface area contributed by atoms with Crippen LogP contribution < -0.4 is 10.6 Å². The first-order valence-electron chi connectivity index (χ1n) is 16.1. The summed E-state index contributed by atoms with van der Waals surface area (Å²) in [5, 5.41) is 129. The number of amides is 2. The molecule has 4 aliphatic heterocycles. The van der Waals surface area contributed by atoms with Gasteiger partial charge in [0.1, 0.15) is 97.5 Å². The van der Waals surface area contributed by atoms with Crippen molar-refractivity contribution in [2.75, 3.05) is 26.4 Å². The molecule has 23 nitrogen and oxygen atoms in total. The lowest BCUT2D eigenvalue weighted by Gasteiger charge is -2.50. The average molecular weight is 749 g/mol. The zero-order chi connectivity index (χ0) is 37.9. The monoisotopic (exact) mass is 748 g/mol. The first-order chi connectivity index (χ1) is 24.1. The Hall–Kier alpha value is -1.82. The van der Waals surface area contributed by atoms with Crippen LogP contribution in [0.5, 0.6) is 0 Å². The van der Waals surface area contributed by atoms with E-state index in [2.05, 4.69) is 10.6 Å². The number of aliphatic hydroxyl groups is 12. The maximum atomic E-state index is 12.2. The quantitative estimate of drug-likeness (QED) is 0.0881. The fourth-order valence-corrected chi connectivity index (χ4v) is 6.35. The highest BCUT2D eigenvalue weighted by Crippen LogP contribution is 2.34. The molecule has 0 aromatic heterocycles. The molecule has 0 saturated carbocycles. The highest BCUT2D eigenvalue weighted by Gasteiger charge is 2.55. The molecule has 0 spiro atoms. The Labute approximate surface area is 289 Å². The Bertz CT molecular complexity index is 1140. The van der Waals surface area contributed by atoms with Gasteiger partial charge in [0.2, 0.25) is 11.8 Å². The molecule has 0 aromatic rings. The van der Waals surface area contributed by atoms with E-state index in [1.54, 1.807) is 0 Å². The Morgan fingerprint density at radius 3 is 1.41 bits per heavy atom. The van der Waals surface area contributed by atoms with Crippen molar-refractivity contribution < 1.29 is 104 Å². The maximum absolute atomic E-state index is 12.2. The average Bonchev–Trinajstić information content (AvgIpc) is 3.09. The highest BCUT2D eigenvalue weighted by atomic mass is 16.8. The third kappa shape index (κ3) is 9.11. The maximum Gasteiger partial charge on any atom is 0.217 e. The molecule has 4 saturated heterocycles. The van der Waals surface area contributed by atoms with Crippen LogP contribution in [0.3, 0.4) is 0 Å². The summed E-state index contributed by atoms with van der Waals surface area (Å²) in [6.45, 7) is -1.25. The van der Waals surface area contributed by atoms with Crippen LogP contribution in [0.15, 0.2) is 0 Å². The molecule has 51 heavy (non-hydrogen) atoms. The Balaban J connectivity index is 1.53. The lowest BCUT2D eigenvalue weighted by Crippen LogP contribution is -2.70. The summed E-state index contributed by atoms with van der Waals surface area (Å²) >= 11 is 0. The summed E-state index contributed by atoms with van der Waals surface area (Å²) in [7, 11) is 0. The molecule has 4 aliphatic rings. The largest absolute Gasteiger partial charge is 0.394 e. The summed E-state index contributed by atoms with van der Waals surface area (Å²) in [4.78, 5) is 24.0. The lowest BCUT2D eigenvalue weighted by molar-refractivity contribution is -0.375. The smallest absolute Gasteiger partial charge is 0.217 e. The third-order valence-electron chi connectivity index (χ3n) is 9.01. The number of hydrogen-bond donors (Lipinski definition) is 14. The topological polar surface area (TPSA) is 366 Å². The molecular weight excluding hydrogens is 700 g/mol. The van der Waals surface area contributed by atoms with E-state index in [0.717, 1.165) is 13.8 Å². The number of aliphatic hydroxyl groups excluding tert-OH is 12. The minimum absolute atomic E-state index is 0.678. The Morgan fingerprint density at radius 2 is 0.882 bits per heavy atom. The van der Waals surface area contributed by atoms with Crippen LogP contribution in [0.1, 0.15) is 13.8 Å². The molecule has 0 radical (unpaired) electrons. The zero-order valence-corrected chi connectivity index (χ0v) is 27.4. The van der Waals surface area contributed by atoms with Gasteiger partial charge in [-0.3, -0.25) is 9.59 Å². The van der Waals surface area contributed by atoms with E-state index in [9.17, 15) is 70.9 Å². The van der Waals surface area contributed by atoms with Crippen LogP contribution >= 0.6 is 0 Å². The molecule has 2 amide bonds. The molecule has 4 fully saturated rings. The van der Waals surface area contributed by atoms with Crippen molar-refractivity contribution in [2.24, 2.45) is 0 Å². The van der Waals surface area contributed by atoms with Gasteiger partial charge in [-0.2, -0.15) is 0 Å². The van der Waals surface area contributed by atoms with Gasteiger partial charge in [-0.05, 0) is 0 Å². The lowest BCUT2D eigenvalue weighted by atomic mass is 9.94. The van der Waals surface area contributed by atoms with Crippen molar-refractivity contribution in [3.05, 3.63) is 0 Å². The van der Waals surface area contributed by atoms with Crippen LogP contribution in [0, 0.1) is 0 Å². The van der Waals surface area contributed by atoms with Gasteiger partial charge in [0.15, 0.2) is 25.2 Å². The van der Waals surface area contributed by atoms with Crippen LogP contribution in [0.4, 0.5) is 0 Å². The molecule has 14 N–H and O–H groups in total. The normalized spacial score (nSPS) is 47.8. The van der Waals surface area contributed by atoms with Gasteiger partial charge in [0, 0.05) is 13.8 Å². The summed E-state index contributed by atoms with van der Waals surface area (Å²) in [6, 6.07) is -3.05. The van der Waals surface area contributed by atoms with Gasteiger partial charge in [-0.15, -0.1) is 0 Å². The molecule has 0 bridgehead atoms. The summed E-state index contributed by atoms with van der Waals surface area (Å²) in [5.74, 6) is -1.42. The standard InChI is InChI=1S/C28H48N2O21/c1-7(35)29-13-17(39)22(50-27-20(42)18(40)15(37)9(3-31)46-27)11(5-33)47-26(13)49-23-12(6-34)48-28(21(43)19(23)41)51-24-14(30-8(2)36)25(44)45-10(4-32)16(24)38/h9-28,31-34,37-44H,3-6H2,1-2H3,(H,29,35)(H,30,36)/t9-,10-,11-,12-,13-,14-,15-,16+,17-,18+,19-,20-,21-,22-,23+,24-,25?,26+,27+,28+/m1/s1. The molecule has 1 unspecified atom stereocenters. The summed E-state index contributed by atoms with van der Waals surface area (Å²) in [6.07, 6.45) is -31.2. The molecule has 20 atom stereocenters. The van der Waals surface area contributed by atoms with E-state index in [4.69, 9.17) is 33.2 Å². The molecule has 0 aromatic carbocycles. The van der Waals surface area contributed by atoms with Crippen LogP contribution in [0.25, 0.3) is 0 Å². The zero-order valence-electron chi connectivity index (χ0n) is 27.4. The number of nitrogens with one attached hydrogen (secondary N) is 2. The van der Waals surface area contributed by atoms with Gasteiger partial charge < -0.3 is 105 Å². The minimum atomic E-state index is -2.04. The fraction of sp³-hybridized carbons (Fsp3) is 0.929. The number of hydrogen-bond acceptors (Lipinski definition) is 21. The molecule has 4 rings (SSSR count). The third-order valence-corrected chi connectivity index (χ3v) is 9.01. The number of carbonyl (C=O) groups excluding carboxylic acids is 2. The van der Waals surface area contributed by atoms with Crippen molar-refractivity contribution >= 4 is 11.8 Å². The van der Waals surface area contributed by atoms with Gasteiger partial charge in [0.05, 0.1) is 26.4 Å². The molecule has 0 aliphatic carbocycles. The van der Waals surface area contributed by atoms with Crippen LogP contribution in [0.2, 0.25) is 0 Å². The number of ether oxygens (including phenoxy) is 7. The predicted octanol–water partition coefficient (Wildman–Crippen LogP) is -9.46. The number of carbonyl (C=O) groups is 2. The molecule has 4 heterocycles. The first kappa shape index (κ1) is 41.9. The van der Waals surface area contributed by atoms with E-state index < -0.39 is 161 Å². The highest BCUT2D eigenvalue weighted by molar-refractivity contribution is 5.73. The summed E-state index contributed by atoms with van der Waals surface area (Å²) < 4.78 is 39.0. The van der Waals surface area contributed by atoms with Gasteiger partial charge in [-0.25, -0.2) is 0 Å².